The minimum absolute atomic E-state index is 0.0454. The topological polar surface area (TPSA) is 75.4 Å². The van der Waals surface area contributed by atoms with Gasteiger partial charge in [-0.2, -0.15) is 0 Å². The number of imidazole rings is 1. The van der Waals surface area contributed by atoms with Crippen molar-refractivity contribution in [2.45, 2.75) is 44.1 Å². The van der Waals surface area contributed by atoms with Crippen LogP contribution in [0.1, 0.15) is 45.8 Å². The van der Waals surface area contributed by atoms with E-state index in [1.54, 1.807) is 39.5 Å². The summed E-state index contributed by atoms with van der Waals surface area (Å²) >= 11 is 1.62. The molecule has 1 amide bonds. The van der Waals surface area contributed by atoms with Crippen LogP contribution in [-0.4, -0.2) is 44.5 Å². The van der Waals surface area contributed by atoms with E-state index in [9.17, 15) is 14.7 Å². The molecule has 0 saturated carbocycles. The molecule has 3 heterocycles. The quantitative estimate of drug-likeness (QED) is 0.914. The van der Waals surface area contributed by atoms with Crippen molar-refractivity contribution in [2.24, 2.45) is 0 Å². The molecule has 2 aromatic rings. The number of rotatable bonds is 3. The molecule has 1 aliphatic carbocycles. The van der Waals surface area contributed by atoms with E-state index in [1.807, 2.05) is 0 Å². The molecule has 7 heteroatoms. The molecule has 0 unspecified atom stereocenters. The molecule has 0 bridgehead atoms. The Balaban J connectivity index is 1.50. The third-order valence-electron chi connectivity index (χ3n) is 5.48. The maximum Gasteiger partial charge on any atom is 0.330 e. The SMILES string of the molecule is O=C(c1cc2c(s1)CCCC2)N1CCC(C(=O)O)(n2ccnc2)CC1. The lowest BCUT2D eigenvalue weighted by Gasteiger charge is -2.39. The number of hydrogen-bond donors (Lipinski definition) is 1. The van der Waals surface area contributed by atoms with E-state index < -0.39 is 11.5 Å². The molecule has 2 aliphatic rings. The molecular formula is C18H21N3O3S. The first-order chi connectivity index (χ1) is 12.1. The first kappa shape index (κ1) is 16.3. The third kappa shape index (κ3) is 2.76. The molecular weight excluding hydrogens is 338 g/mol. The Morgan fingerprint density at radius 3 is 2.60 bits per heavy atom. The normalized spacial score (nSPS) is 19.4. The largest absolute Gasteiger partial charge is 0.479 e. The number of piperidine rings is 1. The van der Waals surface area contributed by atoms with Gasteiger partial charge in [0.1, 0.15) is 5.54 Å². The first-order valence-corrected chi connectivity index (χ1v) is 9.54. The number of aromatic nitrogens is 2. The van der Waals surface area contributed by atoms with E-state index >= 15 is 0 Å². The second-order valence-corrected chi connectivity index (χ2v) is 8.00. The fraction of sp³-hybridized carbons (Fsp3) is 0.500. The zero-order chi connectivity index (χ0) is 17.4. The van der Waals surface area contributed by atoms with Crippen molar-refractivity contribution >= 4 is 23.2 Å². The van der Waals surface area contributed by atoms with Crippen molar-refractivity contribution in [3.63, 3.8) is 0 Å². The van der Waals surface area contributed by atoms with Crippen LogP contribution >= 0.6 is 11.3 Å². The lowest BCUT2D eigenvalue weighted by molar-refractivity contribution is -0.150. The molecule has 1 fully saturated rings. The van der Waals surface area contributed by atoms with Crippen molar-refractivity contribution in [3.8, 4) is 0 Å². The van der Waals surface area contributed by atoms with E-state index in [0.29, 0.717) is 25.9 Å². The summed E-state index contributed by atoms with van der Waals surface area (Å²) in [5.74, 6) is -0.812. The highest BCUT2D eigenvalue weighted by molar-refractivity contribution is 7.14. The fourth-order valence-corrected chi connectivity index (χ4v) is 5.15. The van der Waals surface area contributed by atoms with Gasteiger partial charge in [0.25, 0.3) is 5.91 Å². The van der Waals surface area contributed by atoms with E-state index in [0.717, 1.165) is 17.7 Å². The van der Waals surface area contributed by atoms with Gasteiger partial charge in [-0.1, -0.05) is 0 Å². The van der Waals surface area contributed by atoms with Gasteiger partial charge in [-0.25, -0.2) is 9.78 Å². The molecule has 132 valence electrons. The standard InChI is InChI=1S/C18H21N3O3S/c22-16(15-11-13-3-1-2-4-14(13)25-15)20-8-5-18(6-9-20,17(23)24)21-10-7-19-12-21/h7,10-12H,1-6,8-9H2,(H,23,24). The number of carbonyl (C=O) groups excluding carboxylic acids is 1. The van der Waals surface area contributed by atoms with Gasteiger partial charge in [0.05, 0.1) is 11.2 Å². The second kappa shape index (κ2) is 6.29. The molecule has 1 N–H and O–H groups in total. The van der Waals surface area contributed by atoms with Gasteiger partial charge in [0.15, 0.2) is 0 Å². The number of thiophene rings is 1. The van der Waals surface area contributed by atoms with Crippen molar-refractivity contribution in [1.82, 2.24) is 14.5 Å². The lowest BCUT2D eigenvalue weighted by atomic mass is 9.87. The predicted octanol–water partition coefficient (Wildman–Crippen LogP) is 2.54. The predicted molar refractivity (Wildman–Crippen MR) is 93.9 cm³/mol. The maximum absolute atomic E-state index is 12.9. The Morgan fingerprint density at radius 2 is 1.96 bits per heavy atom. The van der Waals surface area contributed by atoms with Crippen LogP contribution in [0.25, 0.3) is 0 Å². The van der Waals surface area contributed by atoms with Gasteiger partial charge < -0.3 is 14.6 Å². The molecule has 25 heavy (non-hydrogen) atoms. The fourth-order valence-electron chi connectivity index (χ4n) is 3.93. The summed E-state index contributed by atoms with van der Waals surface area (Å²) in [6.07, 6.45) is 10.2. The molecule has 1 aliphatic heterocycles. The summed E-state index contributed by atoms with van der Waals surface area (Å²) in [4.78, 5) is 32.7. The number of nitrogens with zero attached hydrogens (tertiary/aromatic N) is 3. The number of hydrogen-bond acceptors (Lipinski definition) is 4. The van der Waals surface area contributed by atoms with Crippen LogP contribution in [0.15, 0.2) is 24.8 Å². The maximum atomic E-state index is 12.9. The summed E-state index contributed by atoms with van der Waals surface area (Å²) < 4.78 is 1.67. The Bertz CT molecular complexity index is 765. The van der Waals surface area contributed by atoms with Crippen LogP contribution in [0.2, 0.25) is 0 Å². The minimum atomic E-state index is -0.998. The molecule has 2 aromatic heterocycles. The highest BCUT2D eigenvalue weighted by Crippen LogP contribution is 2.34. The molecule has 1 saturated heterocycles. The third-order valence-corrected chi connectivity index (χ3v) is 6.71. The minimum Gasteiger partial charge on any atom is -0.479 e. The van der Waals surface area contributed by atoms with Crippen LogP contribution in [-0.2, 0) is 23.2 Å². The number of aliphatic carboxylic acids is 1. The number of carboxylic acid groups (broad SMARTS) is 1. The van der Waals surface area contributed by atoms with Crippen LogP contribution in [0.3, 0.4) is 0 Å². The summed E-state index contributed by atoms with van der Waals surface area (Å²) in [6.45, 7) is 0.901. The Kier molecular flexibility index (Phi) is 4.11. The van der Waals surface area contributed by atoms with Crippen molar-refractivity contribution in [3.05, 3.63) is 40.1 Å². The van der Waals surface area contributed by atoms with Gasteiger partial charge in [0.2, 0.25) is 0 Å². The van der Waals surface area contributed by atoms with E-state index in [1.165, 1.54) is 23.3 Å². The number of likely N-dealkylation sites (tertiary alicyclic amines) is 1. The highest BCUT2D eigenvalue weighted by Gasteiger charge is 2.44. The average Bonchev–Trinajstić information content (AvgIpc) is 3.30. The zero-order valence-electron chi connectivity index (χ0n) is 14.0. The summed E-state index contributed by atoms with van der Waals surface area (Å²) in [7, 11) is 0. The number of carbonyl (C=O) groups is 2. The Labute approximate surface area is 150 Å². The molecule has 0 radical (unpaired) electrons. The lowest BCUT2D eigenvalue weighted by Crippen LogP contribution is -2.51. The number of fused-ring (bicyclic) bond motifs is 1. The first-order valence-electron chi connectivity index (χ1n) is 8.73. The van der Waals surface area contributed by atoms with Crippen LogP contribution in [0.4, 0.5) is 0 Å². The molecule has 6 nitrogen and oxygen atoms in total. The molecule has 0 spiro atoms. The summed E-state index contributed by atoms with van der Waals surface area (Å²) in [5, 5.41) is 9.76. The van der Waals surface area contributed by atoms with Gasteiger partial charge in [-0.3, -0.25) is 4.79 Å². The second-order valence-electron chi connectivity index (χ2n) is 6.87. The van der Waals surface area contributed by atoms with Crippen LogP contribution in [0, 0.1) is 0 Å². The van der Waals surface area contributed by atoms with Crippen LogP contribution < -0.4 is 0 Å². The monoisotopic (exact) mass is 359 g/mol. The molecule has 0 atom stereocenters. The van der Waals surface area contributed by atoms with Gasteiger partial charge in [-0.05, 0) is 50.2 Å². The van der Waals surface area contributed by atoms with Gasteiger partial charge in [-0.15, -0.1) is 11.3 Å². The Hall–Kier alpha value is -2.15. The van der Waals surface area contributed by atoms with E-state index in [2.05, 4.69) is 11.1 Å². The van der Waals surface area contributed by atoms with E-state index in [-0.39, 0.29) is 5.91 Å². The number of aryl methyl sites for hydroxylation is 2. The summed E-state index contributed by atoms with van der Waals surface area (Å²) in [5.41, 5.74) is 0.331. The van der Waals surface area contributed by atoms with E-state index in [4.69, 9.17) is 0 Å². The van der Waals surface area contributed by atoms with Crippen molar-refractivity contribution < 1.29 is 14.7 Å². The summed E-state index contributed by atoms with van der Waals surface area (Å²) in [6, 6.07) is 2.05. The molecule has 4 rings (SSSR count). The Morgan fingerprint density at radius 1 is 1.20 bits per heavy atom. The number of amides is 1. The van der Waals surface area contributed by atoms with Crippen LogP contribution in [0.5, 0.6) is 0 Å². The average molecular weight is 359 g/mol. The van der Waals surface area contributed by atoms with Crippen molar-refractivity contribution in [1.29, 1.82) is 0 Å². The molecule has 0 aromatic carbocycles. The highest BCUT2D eigenvalue weighted by atomic mass is 32.1. The van der Waals surface area contributed by atoms with Gasteiger partial charge in [0, 0.05) is 30.4 Å². The smallest absolute Gasteiger partial charge is 0.330 e. The van der Waals surface area contributed by atoms with Gasteiger partial charge >= 0.3 is 5.97 Å². The zero-order valence-corrected chi connectivity index (χ0v) is 14.8. The van der Waals surface area contributed by atoms with Crippen molar-refractivity contribution in [2.75, 3.05) is 13.1 Å². The number of carboxylic acids is 1.